The summed E-state index contributed by atoms with van der Waals surface area (Å²) in [5, 5.41) is 5.76. The molecule has 0 saturated carbocycles. The summed E-state index contributed by atoms with van der Waals surface area (Å²) in [5.41, 5.74) is -1.47. The number of nitrogens with zero attached hydrogens (tertiary/aromatic N) is 1. The third kappa shape index (κ3) is 19.7. The molecule has 0 spiro atoms. The van der Waals surface area contributed by atoms with Crippen molar-refractivity contribution in [3.05, 3.63) is 59.7 Å². The molecule has 2 rings (SSSR count). The van der Waals surface area contributed by atoms with Crippen LogP contribution in [-0.4, -0.2) is 77.7 Å². The number of benzene rings is 2. The molecule has 0 bridgehead atoms. The first kappa shape index (κ1) is 50.2. The fourth-order valence-corrected chi connectivity index (χ4v) is 7.65. The van der Waals surface area contributed by atoms with Crippen molar-refractivity contribution in [1.29, 1.82) is 0 Å². The van der Waals surface area contributed by atoms with Crippen molar-refractivity contribution in [1.82, 2.24) is 15.5 Å². The Balaban J connectivity index is 2.49. The summed E-state index contributed by atoms with van der Waals surface area (Å²) in [5.74, 6) is -1.12. The van der Waals surface area contributed by atoms with Gasteiger partial charge in [-0.15, -0.1) is 0 Å². The first-order valence-electron chi connectivity index (χ1n) is 20.5. The van der Waals surface area contributed by atoms with E-state index >= 15 is 0 Å². The Labute approximate surface area is 347 Å². The van der Waals surface area contributed by atoms with Gasteiger partial charge in [0.25, 0.3) is 5.91 Å². The average Bonchev–Trinajstić information content (AvgIpc) is 3.10. The summed E-state index contributed by atoms with van der Waals surface area (Å²) in [6.07, 6.45) is 5.39. The highest BCUT2D eigenvalue weighted by Crippen LogP contribution is 2.55. The largest absolute Gasteiger partial charge is 0.531 e. The molecule has 58 heavy (non-hydrogen) atoms. The van der Waals surface area contributed by atoms with Gasteiger partial charge in [0.05, 0.1) is 18.3 Å². The van der Waals surface area contributed by atoms with E-state index in [4.69, 9.17) is 23.0 Å². The van der Waals surface area contributed by atoms with Crippen LogP contribution in [0.1, 0.15) is 143 Å². The minimum Gasteiger partial charge on any atom is -0.497 e. The van der Waals surface area contributed by atoms with Crippen LogP contribution in [-0.2, 0) is 39.2 Å². The second-order valence-electron chi connectivity index (χ2n) is 17.5. The molecule has 0 unspecified atom stereocenters. The van der Waals surface area contributed by atoms with Gasteiger partial charge in [0, 0.05) is 31.5 Å². The number of hydrogen-bond donors (Lipinski definition) is 2. The summed E-state index contributed by atoms with van der Waals surface area (Å²) < 4.78 is 41.9. The van der Waals surface area contributed by atoms with E-state index in [9.17, 15) is 23.7 Å². The van der Waals surface area contributed by atoms with E-state index < -0.39 is 54.5 Å². The van der Waals surface area contributed by atoms with E-state index in [2.05, 4.69) is 24.5 Å². The quantitative estimate of drug-likeness (QED) is 0.0629. The normalized spacial score (nSPS) is 13.2. The molecule has 13 nitrogen and oxygen atoms in total. The second-order valence-corrected chi connectivity index (χ2v) is 18.9. The molecule has 2 atom stereocenters. The van der Waals surface area contributed by atoms with Crippen molar-refractivity contribution in [2.24, 2.45) is 0 Å². The number of phosphoric acid groups is 1. The maximum Gasteiger partial charge on any atom is 0.531 e. The van der Waals surface area contributed by atoms with Crippen LogP contribution in [0.25, 0.3) is 0 Å². The molecular weight excluding hydrogens is 761 g/mol. The summed E-state index contributed by atoms with van der Waals surface area (Å²) in [6.45, 7) is 21.0. The van der Waals surface area contributed by atoms with E-state index in [0.717, 1.165) is 38.5 Å². The molecule has 0 aliphatic heterocycles. The van der Waals surface area contributed by atoms with Crippen molar-refractivity contribution in [3.8, 4) is 11.5 Å². The fraction of sp³-hybridized carbons (Fsp3) is 0.636. The summed E-state index contributed by atoms with van der Waals surface area (Å²) >= 11 is 0. The van der Waals surface area contributed by atoms with Gasteiger partial charge in [-0.2, -0.15) is 0 Å². The molecule has 14 heteroatoms. The van der Waals surface area contributed by atoms with Crippen LogP contribution in [0.3, 0.4) is 0 Å². The molecule has 0 saturated heterocycles. The SMILES string of the molecule is CCCCCN(CCCCC)C(=O)[C@H](CCC(=O)OC(C)(C)C)NC(=O)[C@H](Cc1ccc(OP(=O)(OC(C)(C)C)OC(C)(C)C)cc1)NC(=O)c1ccc(OC)cc1. The Morgan fingerprint density at radius 3 is 1.67 bits per heavy atom. The lowest BCUT2D eigenvalue weighted by molar-refractivity contribution is -0.155. The molecule has 2 N–H and O–H groups in total. The number of methoxy groups -OCH3 is 1. The van der Waals surface area contributed by atoms with Crippen molar-refractivity contribution in [2.75, 3.05) is 20.2 Å². The number of esters is 1. The number of amides is 3. The number of carbonyl (C=O) groups is 4. The predicted octanol–water partition coefficient (Wildman–Crippen LogP) is 8.97. The molecule has 2 aromatic rings. The molecule has 0 aliphatic carbocycles. The Hall–Kier alpha value is -3.93. The van der Waals surface area contributed by atoms with E-state index in [0.29, 0.717) is 30.0 Å². The Morgan fingerprint density at radius 1 is 0.690 bits per heavy atom. The molecule has 0 heterocycles. The van der Waals surface area contributed by atoms with E-state index in [1.54, 1.807) is 116 Å². The zero-order valence-corrected chi connectivity index (χ0v) is 37.9. The molecule has 0 aromatic heterocycles. The fourth-order valence-electron chi connectivity index (χ4n) is 5.81. The summed E-state index contributed by atoms with van der Waals surface area (Å²) in [4.78, 5) is 56.9. The van der Waals surface area contributed by atoms with Crippen LogP contribution in [0.4, 0.5) is 0 Å². The third-order valence-electron chi connectivity index (χ3n) is 8.37. The Morgan fingerprint density at radius 2 is 1.21 bits per heavy atom. The number of hydrogen-bond acceptors (Lipinski definition) is 10. The monoisotopic (exact) mass is 831 g/mol. The summed E-state index contributed by atoms with van der Waals surface area (Å²) in [7, 11) is -2.56. The topological polar surface area (TPSA) is 159 Å². The first-order valence-corrected chi connectivity index (χ1v) is 22.0. The van der Waals surface area contributed by atoms with Crippen LogP contribution >= 0.6 is 7.82 Å². The smallest absolute Gasteiger partial charge is 0.497 e. The van der Waals surface area contributed by atoms with Gasteiger partial charge >= 0.3 is 13.8 Å². The maximum absolute atomic E-state index is 14.3. The first-order chi connectivity index (χ1) is 27.0. The lowest BCUT2D eigenvalue weighted by Crippen LogP contribution is -2.55. The Bertz CT molecular complexity index is 1610. The minimum atomic E-state index is -4.08. The van der Waals surface area contributed by atoms with Crippen molar-refractivity contribution in [3.63, 3.8) is 0 Å². The van der Waals surface area contributed by atoms with Crippen LogP contribution in [0.15, 0.2) is 48.5 Å². The lowest BCUT2D eigenvalue weighted by Gasteiger charge is -2.30. The van der Waals surface area contributed by atoms with Crippen molar-refractivity contribution in [2.45, 2.75) is 163 Å². The number of ether oxygens (including phenoxy) is 2. The molecule has 326 valence electrons. The van der Waals surface area contributed by atoms with E-state index in [1.165, 1.54) is 7.11 Å². The number of phosphoric ester groups is 1. The molecule has 0 aliphatic rings. The van der Waals surface area contributed by atoms with Gasteiger partial charge in [-0.3, -0.25) is 28.2 Å². The number of unbranched alkanes of at least 4 members (excludes halogenated alkanes) is 4. The maximum atomic E-state index is 14.3. The van der Waals surface area contributed by atoms with Crippen LogP contribution in [0, 0.1) is 0 Å². The third-order valence-corrected chi connectivity index (χ3v) is 10.3. The zero-order chi connectivity index (χ0) is 43.7. The molecule has 2 aromatic carbocycles. The number of rotatable bonds is 23. The van der Waals surface area contributed by atoms with E-state index in [1.807, 2.05) is 0 Å². The lowest BCUT2D eigenvalue weighted by atomic mass is 10.0. The van der Waals surface area contributed by atoms with Crippen LogP contribution in [0.5, 0.6) is 11.5 Å². The highest BCUT2D eigenvalue weighted by molar-refractivity contribution is 7.49. The standard InChI is InChI=1S/C44H70N3O10P/c1-13-15-17-29-47(30-18-16-14-2)41(51)36(27-28-38(48)54-42(3,4)5)45-40(50)37(46-39(49)33-21-25-34(53-12)26-22-33)31-32-19-23-35(24-20-32)55-58(52,56-43(6,7)8)57-44(9,10)11/h19-26,36-37H,13-18,27-31H2,1-12H3,(H,45,50)(H,46,49)/t36-,37-/m0/s1. The molecular formula is C44H70N3O10P. The predicted molar refractivity (Wildman–Crippen MR) is 227 cm³/mol. The molecule has 0 radical (unpaired) electrons. The van der Waals surface area contributed by atoms with Gasteiger partial charge < -0.3 is 29.5 Å². The second kappa shape index (κ2) is 23.0. The molecule has 3 amide bonds. The highest BCUT2D eigenvalue weighted by atomic mass is 31.2. The Kier molecular flexibility index (Phi) is 19.9. The van der Waals surface area contributed by atoms with Gasteiger partial charge in [0.1, 0.15) is 29.2 Å². The average molecular weight is 832 g/mol. The summed E-state index contributed by atoms with van der Waals surface area (Å²) in [6, 6.07) is 10.8. The van der Waals surface area contributed by atoms with Crippen molar-refractivity contribution >= 4 is 31.5 Å². The molecule has 0 fully saturated rings. The zero-order valence-electron chi connectivity index (χ0n) is 37.0. The van der Waals surface area contributed by atoms with Gasteiger partial charge in [-0.05, 0) is 124 Å². The van der Waals surface area contributed by atoms with Crippen molar-refractivity contribution < 1.29 is 46.8 Å². The van der Waals surface area contributed by atoms with Gasteiger partial charge in [0.15, 0.2) is 0 Å². The highest BCUT2D eigenvalue weighted by Gasteiger charge is 2.39. The van der Waals surface area contributed by atoms with Gasteiger partial charge in [-0.1, -0.05) is 51.7 Å². The van der Waals surface area contributed by atoms with E-state index in [-0.39, 0.29) is 30.9 Å². The van der Waals surface area contributed by atoms with Crippen LogP contribution < -0.4 is 19.9 Å². The number of nitrogens with one attached hydrogen (secondary N) is 2. The van der Waals surface area contributed by atoms with Crippen LogP contribution in [0.2, 0.25) is 0 Å². The number of carbonyl (C=O) groups excluding carboxylic acids is 4. The van der Waals surface area contributed by atoms with Gasteiger partial charge in [-0.25, -0.2) is 4.57 Å². The minimum absolute atomic E-state index is 0.00997. The van der Waals surface area contributed by atoms with Gasteiger partial charge in [0.2, 0.25) is 11.8 Å².